The van der Waals surface area contributed by atoms with Gasteiger partial charge in [0.25, 0.3) is 23.6 Å². The molecule has 41 heteroatoms. The van der Waals surface area contributed by atoms with Crippen molar-refractivity contribution in [3.8, 4) is 52.1 Å². The van der Waals surface area contributed by atoms with Crippen LogP contribution in [0.1, 0.15) is 63.8 Å². The van der Waals surface area contributed by atoms with E-state index in [0.29, 0.717) is 231 Å². The molecule has 0 spiro atoms. The molecule has 4 amide bonds. The van der Waals surface area contributed by atoms with Crippen LogP contribution in [0.15, 0.2) is 192 Å². The lowest BCUT2D eigenvalue weighted by Crippen LogP contribution is -2.37. The molecule has 37 nitrogen and oxygen atoms in total. The number of ether oxygens (including phenoxy) is 5. The second-order valence-corrected chi connectivity index (χ2v) is 33.1. The minimum absolute atomic E-state index is 0.142. The molecule has 4 aliphatic rings. The minimum Gasteiger partial charge on any atom is -0.467 e. The zero-order valence-corrected chi connectivity index (χ0v) is 74.2. The number of methoxy groups -OCH3 is 1. The number of fused-ring (bicyclic) bond motifs is 4. The highest BCUT2D eigenvalue weighted by atomic mass is 32.1. The molecule has 20 heterocycles. The summed E-state index contributed by atoms with van der Waals surface area (Å²) in [6.45, 7) is 12.3. The van der Waals surface area contributed by atoms with Crippen LogP contribution >= 0.6 is 45.3 Å². The zero-order chi connectivity index (χ0) is 89.5. The highest BCUT2D eigenvalue weighted by molar-refractivity contribution is 7.18. The molecule has 666 valence electrons. The van der Waals surface area contributed by atoms with E-state index >= 15 is 0 Å². The number of nitrogens with zero attached hydrogens (tertiary/aromatic N) is 22. The van der Waals surface area contributed by atoms with Crippen molar-refractivity contribution in [2.24, 2.45) is 0 Å². The van der Waals surface area contributed by atoms with Crippen molar-refractivity contribution in [3.05, 3.63) is 242 Å². The predicted molar refractivity (Wildman–Crippen MR) is 499 cm³/mol. The van der Waals surface area contributed by atoms with Gasteiger partial charge in [0.15, 0.2) is 23.3 Å². The number of hydrogen-bond donors (Lipinski definition) is 5. The average Bonchev–Trinajstić information content (AvgIpc) is 1.70. The highest BCUT2D eigenvalue weighted by Gasteiger charge is 2.31. The molecule has 4 fully saturated rings. The maximum Gasteiger partial charge on any atom is 0.316 e. The van der Waals surface area contributed by atoms with Crippen LogP contribution in [-0.2, 0) is 44.6 Å². The Labute approximate surface area is 765 Å². The van der Waals surface area contributed by atoms with Gasteiger partial charge in [0.1, 0.15) is 78.0 Å². The molecule has 20 rings (SSSR count). The van der Waals surface area contributed by atoms with Crippen molar-refractivity contribution in [2.45, 2.75) is 25.7 Å². The first-order chi connectivity index (χ1) is 64.5. The standard InChI is InChI=1S/C23H23N7O3S.C23H22N6O3S.2C22H21N7O2S/c1-32-23-26-12-15(13-27-23)5-7-25-21(31)16-14-34-22-18(16)20(30-8-10-33-11-9-30)28-19(29-22)17-4-2-3-6-24-17;30-18-13-15(4-7-25-18)5-8-26-22(31)16-14-33-23-19(16)21(29-9-11-32-12-10-29)27-20(28-23)17-3-1-2-6-24-17;30-21(25-8-5-15-4-7-23-14-26-15)16-13-32-22-18(16)20(29-9-11-31-12-10-29)27-19(28-22)17-3-1-2-6-24-17;30-21(26-6-4-15-11-23-14-24-12-15)16-13-32-22-18(16)20(29-7-9-31-10-8-29)27-19(28-22)17-3-1-2-5-25-17/h2-4,6,12-14H,5,7-11H2,1H3,(H,25,31);1-4,6-7,13-14H,5,8-12H2,(H,25,30)(H,26,31);1-4,6-7,13-14H,5,8-12H2,(H,25,30);1-3,5,11-14H,4,6-10H2,(H,26,30). The number of aromatic nitrogens is 19. The van der Waals surface area contributed by atoms with Gasteiger partial charge in [-0.2, -0.15) is 0 Å². The summed E-state index contributed by atoms with van der Waals surface area (Å²) in [6, 6.07) is 28.1. The summed E-state index contributed by atoms with van der Waals surface area (Å²) in [4.78, 5) is 158. The number of hydrogen-bond acceptors (Lipinski definition) is 36. The molecular formula is C90H87N27O10S4. The lowest BCUT2D eigenvalue weighted by atomic mass is 10.1. The Kier molecular flexibility index (Phi) is 29.5. The predicted octanol–water partition coefficient (Wildman–Crippen LogP) is 9.32. The van der Waals surface area contributed by atoms with Crippen molar-refractivity contribution >= 4 is 133 Å². The van der Waals surface area contributed by atoms with Crippen molar-refractivity contribution < 1.29 is 42.9 Å². The van der Waals surface area contributed by atoms with Crippen LogP contribution in [0.4, 0.5) is 23.3 Å². The highest BCUT2D eigenvalue weighted by Crippen LogP contribution is 2.40. The van der Waals surface area contributed by atoms with E-state index in [2.05, 4.69) is 95.7 Å². The molecule has 4 aliphatic heterocycles. The summed E-state index contributed by atoms with van der Waals surface area (Å²) in [6.07, 6.45) is 22.5. The van der Waals surface area contributed by atoms with Gasteiger partial charge in [-0.3, -0.25) is 43.9 Å². The molecule has 0 aliphatic carbocycles. The fraction of sp³-hybridized carbons (Fsp3) is 0.278. The smallest absolute Gasteiger partial charge is 0.316 e. The second-order valence-electron chi connectivity index (χ2n) is 29.7. The third-order valence-corrected chi connectivity index (χ3v) is 24.7. The van der Waals surface area contributed by atoms with Gasteiger partial charge in [-0.25, -0.2) is 69.8 Å². The van der Waals surface area contributed by atoms with E-state index in [1.807, 2.05) is 106 Å². The van der Waals surface area contributed by atoms with E-state index in [0.717, 1.165) is 86.5 Å². The number of aromatic amines is 1. The van der Waals surface area contributed by atoms with Crippen molar-refractivity contribution in [1.82, 2.24) is 116 Å². The summed E-state index contributed by atoms with van der Waals surface area (Å²) in [5, 5.41) is 22.4. The number of anilines is 4. The van der Waals surface area contributed by atoms with Crippen molar-refractivity contribution in [1.29, 1.82) is 0 Å². The zero-order valence-electron chi connectivity index (χ0n) is 70.9. The Balaban J connectivity index is 0.000000122. The number of morpholine rings is 4. The number of carbonyl (C=O) groups is 4. The Bertz CT molecular complexity index is 6420. The van der Waals surface area contributed by atoms with Gasteiger partial charge < -0.3 is 69.5 Å². The molecule has 16 aromatic heterocycles. The lowest BCUT2D eigenvalue weighted by Gasteiger charge is -2.28. The number of amides is 4. The van der Waals surface area contributed by atoms with Gasteiger partial charge >= 0.3 is 6.01 Å². The van der Waals surface area contributed by atoms with Crippen LogP contribution in [0, 0.1) is 0 Å². The van der Waals surface area contributed by atoms with Gasteiger partial charge in [-0.15, -0.1) is 45.3 Å². The summed E-state index contributed by atoms with van der Waals surface area (Å²) in [5.41, 5.74) is 8.56. The van der Waals surface area contributed by atoms with Crippen molar-refractivity contribution in [2.75, 3.05) is 158 Å². The van der Waals surface area contributed by atoms with E-state index in [-0.39, 0.29) is 29.2 Å². The fourth-order valence-corrected chi connectivity index (χ4v) is 18.3. The van der Waals surface area contributed by atoms with Gasteiger partial charge in [-0.05, 0) is 96.6 Å². The first-order valence-electron chi connectivity index (χ1n) is 42.3. The number of pyridine rings is 5. The Morgan fingerprint density at radius 1 is 0.374 bits per heavy atom. The van der Waals surface area contributed by atoms with E-state index in [1.54, 1.807) is 62.0 Å². The fourth-order valence-electron chi connectivity index (χ4n) is 14.6. The molecule has 0 bridgehead atoms. The van der Waals surface area contributed by atoms with Crippen LogP contribution < -0.4 is 51.2 Å². The number of H-pyrrole nitrogens is 1. The maximum absolute atomic E-state index is 13.1. The molecule has 131 heavy (non-hydrogen) atoms. The topological polar surface area (TPSA) is 440 Å². The van der Waals surface area contributed by atoms with Gasteiger partial charge in [-0.1, -0.05) is 24.3 Å². The van der Waals surface area contributed by atoms with E-state index in [9.17, 15) is 24.0 Å². The molecule has 4 saturated heterocycles. The summed E-state index contributed by atoms with van der Waals surface area (Å²) in [5.74, 6) is 4.52. The Morgan fingerprint density at radius 3 is 1.02 bits per heavy atom. The van der Waals surface area contributed by atoms with Crippen LogP contribution in [-0.4, -0.2) is 257 Å². The molecule has 5 N–H and O–H groups in total. The number of carbonyl (C=O) groups excluding carboxylic acids is 4. The first kappa shape index (κ1) is 88.7. The number of nitrogens with one attached hydrogen (secondary N) is 5. The van der Waals surface area contributed by atoms with Gasteiger partial charge in [0.05, 0.1) is 104 Å². The second kappa shape index (κ2) is 43.6. The van der Waals surface area contributed by atoms with Crippen molar-refractivity contribution in [3.63, 3.8) is 0 Å². The number of thiophene rings is 4. The van der Waals surface area contributed by atoms with Crippen LogP contribution in [0.25, 0.3) is 86.9 Å². The van der Waals surface area contributed by atoms with E-state index in [1.165, 1.54) is 71.2 Å². The molecule has 0 radical (unpaired) electrons. The summed E-state index contributed by atoms with van der Waals surface area (Å²) < 4.78 is 27.1. The molecule has 0 saturated carbocycles. The third-order valence-electron chi connectivity index (χ3n) is 21.2. The van der Waals surface area contributed by atoms with Gasteiger partial charge in [0.2, 0.25) is 5.56 Å². The third kappa shape index (κ3) is 22.2. The summed E-state index contributed by atoms with van der Waals surface area (Å²) >= 11 is 5.73. The van der Waals surface area contributed by atoms with Gasteiger partial charge in [0, 0.05) is 180 Å². The number of rotatable bonds is 25. The largest absolute Gasteiger partial charge is 0.467 e. The van der Waals surface area contributed by atoms with Crippen LogP contribution in [0.2, 0.25) is 0 Å². The Morgan fingerprint density at radius 2 is 0.710 bits per heavy atom. The normalized spacial score (nSPS) is 13.9. The molecule has 16 aromatic rings. The molecule has 0 unspecified atom stereocenters. The maximum atomic E-state index is 13.1. The molecule has 0 aromatic carbocycles. The molecular weight excluding hydrogens is 1750 g/mol. The quantitative estimate of drug-likeness (QED) is 0.0355. The Hall–Kier alpha value is -14.3. The van der Waals surface area contributed by atoms with Crippen LogP contribution in [0.5, 0.6) is 6.01 Å². The summed E-state index contributed by atoms with van der Waals surface area (Å²) in [7, 11) is 1.52. The average molecular weight is 1840 g/mol. The van der Waals surface area contributed by atoms with E-state index < -0.39 is 0 Å². The first-order valence-corrected chi connectivity index (χ1v) is 45.8. The minimum atomic E-state index is -0.185. The molecule has 0 atom stereocenters. The van der Waals surface area contributed by atoms with Crippen LogP contribution in [0.3, 0.4) is 0 Å². The lowest BCUT2D eigenvalue weighted by molar-refractivity contribution is 0.0947. The SMILES string of the molecule is COc1ncc(CCNC(=O)c2csc3nc(-c4ccccn4)nc(N4CCOCC4)c23)cn1.O=C(NCCc1cc[nH]c(=O)c1)c1csc2nc(-c3ccccn3)nc(N3CCOCC3)c12.O=C(NCCc1ccncn1)c1csc2nc(-c3ccccn3)nc(N3CCOCC3)c12.O=C(NCCc1cncnc1)c1csc2nc(-c3ccccn3)nc(N3CCOCC3)c12. The monoisotopic (exact) mass is 1830 g/mol. The van der Waals surface area contributed by atoms with E-state index in [4.69, 9.17) is 63.6 Å².